The Hall–Kier alpha value is -2.72. The van der Waals surface area contributed by atoms with Crippen LogP contribution in [0.3, 0.4) is 0 Å². The van der Waals surface area contributed by atoms with Crippen LogP contribution >= 0.6 is 0 Å². The predicted molar refractivity (Wildman–Crippen MR) is 97.1 cm³/mol. The number of anilines is 1. The molecule has 2 saturated heterocycles. The van der Waals surface area contributed by atoms with Gasteiger partial charge in [-0.15, -0.1) is 0 Å². The van der Waals surface area contributed by atoms with E-state index in [1.807, 2.05) is 0 Å². The molecule has 0 radical (unpaired) electrons. The quantitative estimate of drug-likeness (QED) is 0.768. The van der Waals surface area contributed by atoms with Crippen LogP contribution in [0.5, 0.6) is 0 Å². The average Bonchev–Trinajstić information content (AvgIpc) is 3.13. The van der Waals surface area contributed by atoms with Crippen molar-refractivity contribution >= 4 is 27.7 Å². The fourth-order valence-corrected chi connectivity index (χ4v) is 5.45. The summed E-state index contributed by atoms with van der Waals surface area (Å²) in [5.41, 5.74) is -0.617. The van der Waals surface area contributed by atoms with Crippen molar-refractivity contribution < 1.29 is 27.3 Å². The molecule has 3 heterocycles. The number of aryl methyl sites for hydroxylation is 2. The number of imide groups is 1. The van der Waals surface area contributed by atoms with Gasteiger partial charge >= 0.3 is 6.09 Å². The van der Waals surface area contributed by atoms with Gasteiger partial charge in [0.1, 0.15) is 10.6 Å². The third kappa shape index (κ3) is 2.71. The topological polar surface area (TPSA) is 110 Å². The maximum absolute atomic E-state index is 13.0. The van der Waals surface area contributed by atoms with Gasteiger partial charge < -0.3 is 9.26 Å². The van der Waals surface area contributed by atoms with Gasteiger partial charge in [-0.05, 0) is 26.0 Å². The summed E-state index contributed by atoms with van der Waals surface area (Å²) in [6.07, 6.45) is -0.564. The van der Waals surface area contributed by atoms with E-state index >= 15 is 0 Å². The number of hydrogen-bond acceptors (Lipinski definition) is 7. The minimum Gasteiger partial charge on any atom is -0.432 e. The van der Waals surface area contributed by atoms with Gasteiger partial charge in [0.05, 0.1) is 5.69 Å². The van der Waals surface area contributed by atoms with Crippen molar-refractivity contribution in [2.45, 2.75) is 37.2 Å². The van der Waals surface area contributed by atoms with E-state index in [2.05, 4.69) is 5.16 Å². The Morgan fingerprint density at radius 2 is 1.71 bits per heavy atom. The van der Waals surface area contributed by atoms with E-state index in [0.717, 1.165) is 4.90 Å². The van der Waals surface area contributed by atoms with Crippen LogP contribution in [0.2, 0.25) is 0 Å². The molecule has 2 fully saturated rings. The zero-order valence-electron chi connectivity index (χ0n) is 15.4. The number of ether oxygens (including phenoxy) is 1. The summed E-state index contributed by atoms with van der Waals surface area (Å²) >= 11 is 0. The second-order valence-electron chi connectivity index (χ2n) is 6.90. The van der Waals surface area contributed by atoms with E-state index < -0.39 is 27.6 Å². The van der Waals surface area contributed by atoms with Crippen LogP contribution in [-0.2, 0) is 19.6 Å². The molecule has 0 aliphatic carbocycles. The summed E-state index contributed by atoms with van der Waals surface area (Å²) in [6.45, 7) is 3.20. The molecular weight excluding hydrogens is 386 g/mol. The van der Waals surface area contributed by atoms with E-state index in [-0.39, 0.29) is 42.3 Å². The first kappa shape index (κ1) is 18.6. The normalized spacial score (nSPS) is 20.0. The Morgan fingerprint density at radius 3 is 2.29 bits per heavy atom. The van der Waals surface area contributed by atoms with Crippen LogP contribution in [0.4, 0.5) is 10.5 Å². The Labute approximate surface area is 161 Å². The monoisotopic (exact) mass is 405 g/mol. The van der Waals surface area contributed by atoms with E-state index in [0.29, 0.717) is 5.69 Å². The molecule has 0 bridgehead atoms. The molecule has 2 aliphatic heterocycles. The van der Waals surface area contributed by atoms with Crippen molar-refractivity contribution in [2.24, 2.45) is 0 Å². The molecule has 1 aromatic carbocycles. The van der Waals surface area contributed by atoms with Crippen LogP contribution in [0.25, 0.3) is 0 Å². The number of carbonyl (C=O) groups is 2. The highest BCUT2D eigenvalue weighted by atomic mass is 32.2. The minimum atomic E-state index is -3.81. The largest absolute Gasteiger partial charge is 0.432 e. The zero-order chi connectivity index (χ0) is 20.1. The molecule has 2 aliphatic rings. The molecule has 0 saturated carbocycles. The number of hydrogen-bond donors (Lipinski definition) is 0. The van der Waals surface area contributed by atoms with Crippen LogP contribution in [-0.4, -0.2) is 48.6 Å². The zero-order valence-corrected chi connectivity index (χ0v) is 16.2. The van der Waals surface area contributed by atoms with Crippen molar-refractivity contribution in [3.8, 4) is 0 Å². The van der Waals surface area contributed by atoms with E-state index in [1.165, 1.54) is 4.31 Å². The van der Waals surface area contributed by atoms with Crippen LogP contribution in [0.15, 0.2) is 39.8 Å². The Bertz CT molecular complexity index is 1020. The number of benzene rings is 1. The van der Waals surface area contributed by atoms with Crippen molar-refractivity contribution in [3.63, 3.8) is 0 Å². The molecular formula is C18H19N3O6S. The van der Waals surface area contributed by atoms with E-state index in [9.17, 15) is 18.0 Å². The SMILES string of the molecule is Cc1noc(C)c1S(=O)(=O)N1CCC2(CC1)OC(=O)N(c1ccccc1)C2=O. The number of aromatic nitrogens is 1. The van der Waals surface area contributed by atoms with Crippen molar-refractivity contribution in [2.75, 3.05) is 18.0 Å². The van der Waals surface area contributed by atoms with Gasteiger partial charge in [-0.1, -0.05) is 23.4 Å². The number of nitrogens with zero attached hydrogens (tertiary/aromatic N) is 3. The molecule has 10 heteroatoms. The molecule has 2 amide bonds. The fraction of sp³-hybridized carbons (Fsp3) is 0.389. The predicted octanol–water partition coefficient (Wildman–Crippen LogP) is 2.00. The minimum absolute atomic E-state index is 0.0455. The second kappa shape index (κ2) is 6.42. The lowest BCUT2D eigenvalue weighted by atomic mass is 9.91. The maximum atomic E-state index is 13.0. The third-order valence-corrected chi connectivity index (χ3v) is 7.31. The maximum Gasteiger partial charge on any atom is 0.422 e. The van der Waals surface area contributed by atoms with Crippen LogP contribution < -0.4 is 4.90 Å². The summed E-state index contributed by atoms with van der Waals surface area (Å²) < 4.78 is 37.6. The first-order valence-electron chi connectivity index (χ1n) is 8.82. The number of para-hydroxylation sites is 1. The highest BCUT2D eigenvalue weighted by Crippen LogP contribution is 2.38. The lowest BCUT2D eigenvalue weighted by Gasteiger charge is -2.35. The van der Waals surface area contributed by atoms with Gasteiger partial charge in [0.25, 0.3) is 5.91 Å². The Balaban J connectivity index is 1.56. The average molecular weight is 405 g/mol. The first-order chi connectivity index (χ1) is 13.3. The van der Waals surface area contributed by atoms with Crippen molar-refractivity contribution in [1.29, 1.82) is 0 Å². The molecule has 28 heavy (non-hydrogen) atoms. The number of sulfonamides is 1. The lowest BCUT2D eigenvalue weighted by Crippen LogP contribution is -2.51. The molecule has 4 rings (SSSR count). The lowest BCUT2D eigenvalue weighted by molar-refractivity contribution is -0.132. The Morgan fingerprint density at radius 1 is 1.07 bits per heavy atom. The van der Waals surface area contributed by atoms with Gasteiger partial charge in [0.2, 0.25) is 10.0 Å². The van der Waals surface area contributed by atoms with Gasteiger partial charge in [-0.2, -0.15) is 4.31 Å². The highest BCUT2D eigenvalue weighted by Gasteiger charge is 2.56. The number of piperidine rings is 1. The van der Waals surface area contributed by atoms with E-state index in [1.54, 1.807) is 44.2 Å². The van der Waals surface area contributed by atoms with Crippen molar-refractivity contribution in [3.05, 3.63) is 41.8 Å². The summed E-state index contributed by atoms with van der Waals surface area (Å²) in [7, 11) is -3.81. The molecule has 2 aromatic rings. The van der Waals surface area contributed by atoms with Gasteiger partial charge in [-0.3, -0.25) is 4.79 Å². The molecule has 148 valence electrons. The molecule has 9 nitrogen and oxygen atoms in total. The number of rotatable bonds is 3. The smallest absolute Gasteiger partial charge is 0.422 e. The summed E-state index contributed by atoms with van der Waals surface area (Å²) in [5.74, 6) is -0.241. The van der Waals surface area contributed by atoms with Gasteiger partial charge in [0, 0.05) is 25.9 Å². The van der Waals surface area contributed by atoms with Crippen LogP contribution in [0, 0.1) is 13.8 Å². The van der Waals surface area contributed by atoms with Crippen molar-refractivity contribution in [1.82, 2.24) is 9.46 Å². The fourth-order valence-electron chi connectivity index (χ4n) is 3.72. The molecule has 0 atom stereocenters. The number of amides is 2. The Kier molecular flexibility index (Phi) is 4.27. The molecule has 0 unspecified atom stereocenters. The van der Waals surface area contributed by atoms with Gasteiger partial charge in [-0.25, -0.2) is 18.1 Å². The molecule has 1 spiro atoms. The molecule has 1 aromatic heterocycles. The van der Waals surface area contributed by atoms with Gasteiger partial charge in [0.15, 0.2) is 11.4 Å². The third-order valence-electron chi connectivity index (χ3n) is 5.17. The summed E-state index contributed by atoms with van der Waals surface area (Å²) in [4.78, 5) is 26.4. The summed E-state index contributed by atoms with van der Waals surface area (Å²) in [6, 6.07) is 8.52. The second-order valence-corrected chi connectivity index (χ2v) is 8.77. The summed E-state index contributed by atoms with van der Waals surface area (Å²) in [5, 5.41) is 3.70. The van der Waals surface area contributed by atoms with Crippen LogP contribution in [0.1, 0.15) is 24.3 Å². The standard InChI is InChI=1S/C18H19N3O6S/c1-12-15(13(2)27-19-12)28(24,25)20-10-8-18(9-11-20)16(22)21(17(23)26-18)14-6-4-3-5-7-14/h3-7H,8-11H2,1-2H3. The highest BCUT2D eigenvalue weighted by molar-refractivity contribution is 7.89. The number of carbonyl (C=O) groups excluding carboxylic acids is 2. The molecule has 0 N–H and O–H groups in total. The van der Waals surface area contributed by atoms with E-state index in [4.69, 9.17) is 9.26 Å². The first-order valence-corrected chi connectivity index (χ1v) is 10.3.